The minimum atomic E-state index is -2.14. The van der Waals surface area contributed by atoms with Crippen LogP contribution in [-0.2, 0) is 42.8 Å². The highest BCUT2D eigenvalue weighted by Crippen LogP contribution is 2.64. The van der Waals surface area contributed by atoms with Crippen LogP contribution in [0.25, 0.3) is 0 Å². The minimum Gasteiger partial charge on any atom is -0.456 e. The molecule has 1 heterocycles. The van der Waals surface area contributed by atoms with E-state index in [9.17, 15) is 29.7 Å². The van der Waals surface area contributed by atoms with Crippen molar-refractivity contribution in [3.8, 4) is 0 Å². The number of aliphatic hydroxyl groups excluding tert-OH is 2. The van der Waals surface area contributed by atoms with Crippen LogP contribution in [0.1, 0.15) is 79.8 Å². The molecule has 11 atom stereocenters. The van der Waals surface area contributed by atoms with Crippen molar-refractivity contribution >= 4 is 23.8 Å². The van der Waals surface area contributed by atoms with Gasteiger partial charge in [-0.2, -0.15) is 0 Å². The van der Waals surface area contributed by atoms with Crippen LogP contribution in [0.2, 0.25) is 0 Å². The molecule has 5 rings (SSSR count). The zero-order valence-electron chi connectivity index (χ0n) is 31.6. The van der Waals surface area contributed by atoms with Crippen molar-refractivity contribution in [1.29, 1.82) is 0 Å². The molecular formula is C38H53NO13. The third kappa shape index (κ3) is 6.24. The Morgan fingerprint density at radius 3 is 2.21 bits per heavy atom. The second-order valence-corrected chi connectivity index (χ2v) is 16.2. The van der Waals surface area contributed by atoms with E-state index in [4.69, 9.17) is 28.4 Å². The second kappa shape index (κ2) is 13.8. The number of fused-ring (bicyclic) bond motifs is 5. The fourth-order valence-electron chi connectivity index (χ4n) is 9.19. The Balaban J connectivity index is 1.60. The first kappa shape index (κ1) is 39.8. The van der Waals surface area contributed by atoms with Crippen molar-refractivity contribution in [2.45, 2.75) is 128 Å². The highest BCUT2D eigenvalue weighted by atomic mass is 16.6. The minimum absolute atomic E-state index is 0.135. The van der Waals surface area contributed by atoms with Crippen LogP contribution in [0.4, 0.5) is 4.79 Å². The van der Waals surface area contributed by atoms with Crippen LogP contribution in [0.5, 0.6) is 0 Å². The average molecular weight is 732 g/mol. The van der Waals surface area contributed by atoms with Crippen molar-refractivity contribution in [3.05, 3.63) is 47.0 Å². The molecule has 4 aliphatic rings. The molecule has 3 aliphatic carbocycles. The first-order chi connectivity index (χ1) is 24.1. The van der Waals surface area contributed by atoms with Gasteiger partial charge in [0.1, 0.15) is 29.5 Å². The number of hydrogen-bond donors (Lipinski definition) is 4. The van der Waals surface area contributed by atoms with E-state index in [1.54, 1.807) is 78.8 Å². The van der Waals surface area contributed by atoms with E-state index in [-0.39, 0.29) is 25.0 Å². The summed E-state index contributed by atoms with van der Waals surface area (Å²) in [6, 6.07) is 7.02. The third-order valence-electron chi connectivity index (χ3n) is 11.8. The Bertz CT molecular complexity index is 1600. The van der Waals surface area contributed by atoms with Crippen LogP contribution >= 0.6 is 0 Å². The molecule has 1 aliphatic heterocycles. The smallest absolute Gasteiger partial charge is 0.408 e. The summed E-state index contributed by atoms with van der Waals surface area (Å²) in [5, 5.41) is 39.6. The molecule has 3 fully saturated rings. The molecule has 14 heteroatoms. The number of aliphatic hydroxyl groups is 3. The molecule has 2 bridgehead atoms. The van der Waals surface area contributed by atoms with Gasteiger partial charge in [0.05, 0.1) is 30.3 Å². The van der Waals surface area contributed by atoms with Crippen LogP contribution in [0, 0.1) is 16.7 Å². The van der Waals surface area contributed by atoms with E-state index in [0.717, 1.165) is 0 Å². The van der Waals surface area contributed by atoms with E-state index in [2.05, 4.69) is 5.32 Å². The average Bonchev–Trinajstić information content (AvgIpc) is 3.05. The van der Waals surface area contributed by atoms with E-state index in [1.807, 2.05) is 0 Å². The number of ketones is 1. The van der Waals surface area contributed by atoms with Gasteiger partial charge in [0.2, 0.25) is 0 Å². The summed E-state index contributed by atoms with van der Waals surface area (Å²) < 4.78 is 35.0. The Labute approximate surface area is 304 Å². The molecule has 1 saturated heterocycles. The molecule has 1 aromatic rings. The molecule has 0 unspecified atom stereocenters. The van der Waals surface area contributed by atoms with Crippen LogP contribution in [0.3, 0.4) is 0 Å². The SMILES string of the molecule is CO[C@H]1C(=O)[C@]2(C)[C@@H](OC)C[C@H]3OC[C@@]3(OC(C)=O)[C@H]2[C@H](O)[C@]2(O)C[C@H](OC(=O)[C@H](O)[C@@H](NC(=O)OC(C)(C)C)c3ccccc3)C(C)=C1C2(C)C. The summed E-state index contributed by atoms with van der Waals surface area (Å²) in [7, 11) is 2.79. The van der Waals surface area contributed by atoms with Crippen LogP contribution in [-0.4, -0.2) is 113 Å². The van der Waals surface area contributed by atoms with Crippen molar-refractivity contribution in [1.82, 2.24) is 5.32 Å². The number of rotatable bonds is 8. The largest absolute Gasteiger partial charge is 0.456 e. The molecule has 288 valence electrons. The Morgan fingerprint density at radius 1 is 1.06 bits per heavy atom. The highest BCUT2D eigenvalue weighted by Gasteiger charge is 2.77. The fraction of sp³-hybridized carbons (Fsp3) is 0.684. The number of ether oxygens (including phenoxy) is 6. The maximum absolute atomic E-state index is 15.0. The molecule has 0 radical (unpaired) electrons. The van der Waals surface area contributed by atoms with E-state index in [1.165, 1.54) is 21.1 Å². The number of amides is 1. The summed E-state index contributed by atoms with van der Waals surface area (Å²) in [5.74, 6) is -3.53. The summed E-state index contributed by atoms with van der Waals surface area (Å²) in [6.07, 6.45) is -8.96. The molecular weight excluding hydrogens is 678 g/mol. The Morgan fingerprint density at radius 2 is 1.69 bits per heavy atom. The predicted octanol–water partition coefficient (Wildman–Crippen LogP) is 2.70. The topological polar surface area (TPSA) is 196 Å². The molecule has 14 nitrogen and oxygen atoms in total. The number of nitrogens with one attached hydrogen (secondary N) is 1. The lowest BCUT2D eigenvalue weighted by molar-refractivity contribution is -0.348. The van der Waals surface area contributed by atoms with Gasteiger partial charge in [0.25, 0.3) is 0 Å². The number of carbonyl (C=O) groups is 4. The number of alkyl carbamates (subject to hydrolysis) is 1. The van der Waals surface area contributed by atoms with Crippen LogP contribution in [0.15, 0.2) is 41.5 Å². The number of esters is 2. The van der Waals surface area contributed by atoms with Gasteiger partial charge in [-0.25, -0.2) is 9.59 Å². The van der Waals surface area contributed by atoms with Gasteiger partial charge in [-0.1, -0.05) is 44.2 Å². The zero-order chi connectivity index (χ0) is 38.8. The Kier molecular flexibility index (Phi) is 10.5. The number of benzene rings is 1. The van der Waals surface area contributed by atoms with Gasteiger partial charge in [-0.15, -0.1) is 0 Å². The van der Waals surface area contributed by atoms with Gasteiger partial charge >= 0.3 is 18.0 Å². The summed E-state index contributed by atoms with van der Waals surface area (Å²) in [6.45, 7) is 12.7. The van der Waals surface area contributed by atoms with E-state index >= 15 is 4.79 Å². The first-order valence-corrected chi connectivity index (χ1v) is 17.6. The molecule has 2 saturated carbocycles. The maximum Gasteiger partial charge on any atom is 0.408 e. The van der Waals surface area contributed by atoms with Gasteiger partial charge in [-0.05, 0) is 51.3 Å². The lowest BCUT2D eigenvalue weighted by Crippen LogP contribution is -2.81. The van der Waals surface area contributed by atoms with Gasteiger partial charge < -0.3 is 49.1 Å². The standard InChI is InChI=1S/C38H53NO13/c1-19-22(50-32(44)27(41)26(21-14-12-11-13-15-21)39-33(45)52-34(3,4)5)17-38(46)31(43)29-36(8,30(42)28(48-10)25(19)35(38,6)7)23(47-9)16-24-37(29,18-49-24)51-20(2)40/h11-15,22-24,26-29,31,41,43,46H,16-18H2,1-10H3,(H,39,45)/t22-,23-,24+,26-,27+,28+,29-,31-,36+,37-,38+/m0/s1. The number of Topliss-reactive ketones (excluding diaryl/α,β-unsaturated/α-hetero) is 1. The quantitative estimate of drug-likeness (QED) is 0.173. The van der Waals surface area contributed by atoms with E-state index in [0.29, 0.717) is 11.1 Å². The summed E-state index contributed by atoms with van der Waals surface area (Å²) in [5.41, 5.74) is -6.39. The van der Waals surface area contributed by atoms with Crippen molar-refractivity contribution in [2.24, 2.45) is 16.7 Å². The van der Waals surface area contributed by atoms with E-state index < -0.39 is 100 Å². The lowest BCUT2D eigenvalue weighted by atomic mass is 9.44. The summed E-state index contributed by atoms with van der Waals surface area (Å²) in [4.78, 5) is 54.3. The van der Waals surface area contributed by atoms with Crippen molar-refractivity contribution in [3.63, 3.8) is 0 Å². The number of methoxy groups -OCH3 is 2. The molecule has 52 heavy (non-hydrogen) atoms. The zero-order valence-corrected chi connectivity index (χ0v) is 31.6. The van der Waals surface area contributed by atoms with Gasteiger partial charge in [0, 0.05) is 45.3 Å². The lowest BCUT2D eigenvalue weighted by Gasteiger charge is -2.67. The molecule has 1 aromatic carbocycles. The number of hydrogen-bond acceptors (Lipinski definition) is 13. The number of carbonyl (C=O) groups excluding carboxylic acids is 4. The molecule has 4 N–H and O–H groups in total. The predicted molar refractivity (Wildman–Crippen MR) is 184 cm³/mol. The van der Waals surface area contributed by atoms with Crippen LogP contribution < -0.4 is 5.32 Å². The van der Waals surface area contributed by atoms with Crippen molar-refractivity contribution < 1.29 is 62.9 Å². The monoisotopic (exact) mass is 731 g/mol. The molecule has 1 amide bonds. The molecule has 0 spiro atoms. The second-order valence-electron chi connectivity index (χ2n) is 16.2. The Hall–Kier alpha value is -3.40. The maximum atomic E-state index is 15.0. The first-order valence-electron chi connectivity index (χ1n) is 17.6. The molecule has 0 aromatic heterocycles. The summed E-state index contributed by atoms with van der Waals surface area (Å²) >= 11 is 0. The fourth-order valence-corrected chi connectivity index (χ4v) is 9.19. The van der Waals surface area contributed by atoms with Crippen molar-refractivity contribution in [2.75, 3.05) is 20.8 Å². The van der Waals surface area contributed by atoms with Gasteiger partial charge in [0.15, 0.2) is 17.5 Å². The third-order valence-corrected chi connectivity index (χ3v) is 11.8. The highest BCUT2D eigenvalue weighted by molar-refractivity contribution is 5.94. The van der Waals surface area contributed by atoms with Gasteiger partial charge in [-0.3, -0.25) is 9.59 Å². The normalized spacial score (nSPS) is 36.4.